The molecular formula is C19H17NO. The molecule has 0 aliphatic heterocycles. The van der Waals surface area contributed by atoms with Gasteiger partial charge in [-0.05, 0) is 42.5 Å². The van der Waals surface area contributed by atoms with Gasteiger partial charge in [0, 0.05) is 22.7 Å². The first-order valence-corrected chi connectivity index (χ1v) is 7.32. The minimum Gasteiger partial charge on any atom is -0.456 e. The molecule has 2 N–H and O–H groups in total. The average molecular weight is 275 g/mol. The van der Waals surface area contributed by atoms with E-state index >= 15 is 0 Å². The number of hydrogen-bond donors (Lipinski definition) is 1. The molecule has 1 unspecified atom stereocenters. The van der Waals surface area contributed by atoms with Crippen LogP contribution in [0, 0.1) is 5.92 Å². The quantitative estimate of drug-likeness (QED) is 0.702. The standard InChI is InChI=1S/C19H17NO/c20-15-7-8-16-17-11-14(10-13-4-2-1-3-5-13)6-9-18(17)21-19(16)12-15/h1-9,12,14H,10-11,20H2. The third-order valence-electron chi connectivity index (χ3n) is 4.17. The molecule has 0 amide bonds. The summed E-state index contributed by atoms with van der Waals surface area (Å²) in [6.07, 6.45) is 6.47. The second-order valence-corrected chi connectivity index (χ2v) is 5.71. The van der Waals surface area contributed by atoms with Gasteiger partial charge in [-0.1, -0.05) is 36.4 Å². The zero-order valence-corrected chi connectivity index (χ0v) is 11.8. The molecule has 0 fully saturated rings. The maximum absolute atomic E-state index is 5.90. The largest absolute Gasteiger partial charge is 0.456 e. The topological polar surface area (TPSA) is 39.2 Å². The molecule has 1 atom stereocenters. The Kier molecular flexibility index (Phi) is 2.81. The third-order valence-corrected chi connectivity index (χ3v) is 4.17. The highest BCUT2D eigenvalue weighted by Gasteiger charge is 2.20. The zero-order valence-electron chi connectivity index (χ0n) is 11.8. The Labute approximate surface area is 123 Å². The van der Waals surface area contributed by atoms with Crippen LogP contribution in [0.5, 0.6) is 0 Å². The van der Waals surface area contributed by atoms with Crippen LogP contribution in [-0.4, -0.2) is 0 Å². The number of allylic oxidation sites excluding steroid dienone is 1. The van der Waals surface area contributed by atoms with Crippen LogP contribution >= 0.6 is 0 Å². The second kappa shape index (κ2) is 4.81. The summed E-state index contributed by atoms with van der Waals surface area (Å²) in [5.74, 6) is 1.51. The summed E-state index contributed by atoms with van der Waals surface area (Å²) in [5, 5.41) is 1.20. The van der Waals surface area contributed by atoms with E-state index in [0.29, 0.717) is 5.92 Å². The van der Waals surface area contributed by atoms with Gasteiger partial charge in [-0.3, -0.25) is 0 Å². The van der Waals surface area contributed by atoms with Gasteiger partial charge in [0.15, 0.2) is 0 Å². The summed E-state index contributed by atoms with van der Waals surface area (Å²) < 4.78 is 5.90. The first-order valence-electron chi connectivity index (χ1n) is 7.32. The van der Waals surface area contributed by atoms with Crippen LogP contribution in [0.3, 0.4) is 0 Å². The molecule has 21 heavy (non-hydrogen) atoms. The van der Waals surface area contributed by atoms with Gasteiger partial charge in [0.2, 0.25) is 0 Å². The molecule has 3 aromatic rings. The fourth-order valence-corrected chi connectivity index (χ4v) is 3.14. The minimum atomic E-state index is 0.526. The van der Waals surface area contributed by atoms with E-state index in [0.717, 1.165) is 29.9 Å². The van der Waals surface area contributed by atoms with Crippen LogP contribution in [0.2, 0.25) is 0 Å². The predicted octanol–water partition coefficient (Wildman–Crippen LogP) is 4.44. The first kappa shape index (κ1) is 12.3. The van der Waals surface area contributed by atoms with Crippen molar-refractivity contribution >= 4 is 22.7 Å². The number of nitrogens with two attached hydrogens (primary N) is 1. The van der Waals surface area contributed by atoms with Crippen LogP contribution in [0.1, 0.15) is 16.9 Å². The molecule has 4 rings (SSSR count). The number of rotatable bonds is 2. The molecule has 1 aromatic heterocycles. The van der Waals surface area contributed by atoms with E-state index in [1.807, 2.05) is 12.1 Å². The van der Waals surface area contributed by atoms with Gasteiger partial charge in [0.25, 0.3) is 0 Å². The molecule has 2 heteroatoms. The number of furan rings is 1. The van der Waals surface area contributed by atoms with Gasteiger partial charge in [-0.2, -0.15) is 0 Å². The molecular weight excluding hydrogens is 258 g/mol. The Balaban J connectivity index is 1.66. The second-order valence-electron chi connectivity index (χ2n) is 5.71. The summed E-state index contributed by atoms with van der Waals surface area (Å²) in [6, 6.07) is 16.6. The van der Waals surface area contributed by atoms with Gasteiger partial charge in [0.1, 0.15) is 11.3 Å². The SMILES string of the molecule is Nc1ccc2c3c(oc2c1)C=CC(Cc1ccccc1)C3. The highest BCUT2D eigenvalue weighted by atomic mass is 16.3. The molecule has 0 saturated heterocycles. The lowest BCUT2D eigenvalue weighted by Gasteiger charge is -2.16. The van der Waals surface area contributed by atoms with E-state index in [4.69, 9.17) is 10.2 Å². The van der Waals surface area contributed by atoms with Crippen LogP contribution in [0.15, 0.2) is 59.0 Å². The van der Waals surface area contributed by atoms with E-state index in [9.17, 15) is 0 Å². The van der Waals surface area contributed by atoms with Crippen molar-refractivity contribution in [2.45, 2.75) is 12.8 Å². The van der Waals surface area contributed by atoms with Crippen LogP contribution in [0.25, 0.3) is 17.0 Å². The van der Waals surface area contributed by atoms with Crippen LogP contribution in [-0.2, 0) is 12.8 Å². The molecule has 1 aliphatic carbocycles. The molecule has 0 radical (unpaired) electrons. The minimum absolute atomic E-state index is 0.526. The summed E-state index contributed by atoms with van der Waals surface area (Å²) >= 11 is 0. The molecule has 2 aromatic carbocycles. The summed E-state index contributed by atoms with van der Waals surface area (Å²) in [7, 11) is 0. The van der Waals surface area contributed by atoms with Gasteiger partial charge in [-0.25, -0.2) is 0 Å². The third kappa shape index (κ3) is 2.23. The lowest BCUT2D eigenvalue weighted by atomic mass is 9.87. The van der Waals surface area contributed by atoms with Gasteiger partial charge >= 0.3 is 0 Å². The van der Waals surface area contributed by atoms with E-state index in [1.165, 1.54) is 16.5 Å². The van der Waals surface area contributed by atoms with Crippen molar-refractivity contribution in [1.29, 1.82) is 0 Å². The van der Waals surface area contributed by atoms with E-state index < -0.39 is 0 Å². The molecule has 0 bridgehead atoms. The molecule has 104 valence electrons. The Morgan fingerprint density at radius 2 is 1.95 bits per heavy atom. The smallest absolute Gasteiger partial charge is 0.137 e. The van der Waals surface area contributed by atoms with Crippen molar-refractivity contribution < 1.29 is 4.42 Å². The van der Waals surface area contributed by atoms with Gasteiger partial charge < -0.3 is 10.2 Å². The summed E-state index contributed by atoms with van der Waals surface area (Å²) in [5.41, 5.74) is 10.2. The van der Waals surface area contributed by atoms with Gasteiger partial charge in [0.05, 0.1) is 0 Å². The van der Waals surface area contributed by atoms with Crippen molar-refractivity contribution in [3.8, 4) is 0 Å². The molecule has 2 nitrogen and oxygen atoms in total. The molecule has 0 spiro atoms. The fourth-order valence-electron chi connectivity index (χ4n) is 3.14. The fraction of sp³-hybridized carbons (Fsp3) is 0.158. The van der Waals surface area contributed by atoms with Crippen molar-refractivity contribution in [2.75, 3.05) is 5.73 Å². The monoisotopic (exact) mass is 275 g/mol. The highest BCUT2D eigenvalue weighted by molar-refractivity contribution is 5.87. The number of hydrogen-bond acceptors (Lipinski definition) is 2. The summed E-state index contributed by atoms with van der Waals surface area (Å²) in [6.45, 7) is 0. The highest BCUT2D eigenvalue weighted by Crippen LogP contribution is 2.34. The van der Waals surface area contributed by atoms with Crippen molar-refractivity contribution in [2.24, 2.45) is 5.92 Å². The molecule has 0 saturated carbocycles. The van der Waals surface area contributed by atoms with Gasteiger partial charge in [-0.15, -0.1) is 0 Å². The molecule has 1 aliphatic rings. The molecule has 1 heterocycles. The van der Waals surface area contributed by atoms with Crippen LogP contribution < -0.4 is 5.73 Å². The predicted molar refractivity (Wildman–Crippen MR) is 87.0 cm³/mol. The number of fused-ring (bicyclic) bond motifs is 3. The Hall–Kier alpha value is -2.48. The van der Waals surface area contributed by atoms with Crippen molar-refractivity contribution in [1.82, 2.24) is 0 Å². The maximum atomic E-state index is 5.90. The maximum Gasteiger partial charge on any atom is 0.137 e. The van der Waals surface area contributed by atoms with Crippen LogP contribution in [0.4, 0.5) is 5.69 Å². The Bertz CT molecular complexity index is 814. The average Bonchev–Trinajstić information content (AvgIpc) is 2.85. The van der Waals surface area contributed by atoms with E-state index in [-0.39, 0.29) is 0 Å². The Morgan fingerprint density at radius 3 is 2.81 bits per heavy atom. The van der Waals surface area contributed by atoms with Crippen molar-refractivity contribution in [3.05, 3.63) is 71.5 Å². The lowest BCUT2D eigenvalue weighted by molar-refractivity contribution is 0.572. The van der Waals surface area contributed by atoms with E-state index in [2.05, 4.69) is 48.6 Å². The number of nitrogen functional groups attached to an aromatic ring is 1. The lowest BCUT2D eigenvalue weighted by Crippen LogP contribution is -2.08. The number of anilines is 1. The first-order chi connectivity index (χ1) is 10.3. The van der Waals surface area contributed by atoms with E-state index in [1.54, 1.807) is 0 Å². The zero-order chi connectivity index (χ0) is 14.2. The normalized spacial score (nSPS) is 17.0. The van der Waals surface area contributed by atoms with Crippen molar-refractivity contribution in [3.63, 3.8) is 0 Å². The summed E-state index contributed by atoms with van der Waals surface area (Å²) in [4.78, 5) is 0. The Morgan fingerprint density at radius 1 is 1.10 bits per heavy atom. The number of benzene rings is 2.